The maximum Gasteiger partial charge on any atom is 0.326 e. The van der Waals surface area contributed by atoms with E-state index in [1.807, 2.05) is 5.32 Å². The molecule has 0 aliphatic heterocycles. The summed E-state index contributed by atoms with van der Waals surface area (Å²) in [6, 6.07) is -12.0. The van der Waals surface area contributed by atoms with Crippen LogP contribution in [-0.2, 0) is 47.9 Å². The molecule has 0 bridgehead atoms. The Morgan fingerprint density at radius 3 is 1.40 bits per heavy atom. The molecule has 7 amide bonds. The minimum atomic E-state index is -1.81. The van der Waals surface area contributed by atoms with Gasteiger partial charge in [-0.1, -0.05) is 27.7 Å². The summed E-state index contributed by atoms with van der Waals surface area (Å²) in [5.41, 5.74) is 5.67. The van der Waals surface area contributed by atoms with Crippen molar-refractivity contribution in [2.75, 3.05) is 5.75 Å². The molecule has 0 radical (unpaired) electrons. The Hall–Kier alpha value is -5.07. The van der Waals surface area contributed by atoms with E-state index in [1.165, 1.54) is 6.92 Å². The van der Waals surface area contributed by atoms with Crippen molar-refractivity contribution in [1.82, 2.24) is 37.2 Å². The minimum absolute atomic E-state index is 0.0330. The first kappa shape index (κ1) is 52.9. The normalized spacial score (nSPS) is 16.4. The van der Waals surface area contributed by atoms with Gasteiger partial charge in [0.15, 0.2) is 0 Å². The third-order valence-corrected chi connectivity index (χ3v) is 8.64. The van der Waals surface area contributed by atoms with Gasteiger partial charge in [0.2, 0.25) is 41.4 Å². The molecule has 0 heterocycles. The second-order valence-electron chi connectivity index (χ2n) is 14.4. The van der Waals surface area contributed by atoms with Crippen LogP contribution in [0.15, 0.2) is 0 Å². The van der Waals surface area contributed by atoms with Gasteiger partial charge in [-0.3, -0.25) is 43.2 Å². The molecule has 0 aromatic rings. The van der Waals surface area contributed by atoms with E-state index in [9.17, 15) is 63.3 Å². The number of hydrogen-bond acceptors (Lipinski definition) is 14. The van der Waals surface area contributed by atoms with Crippen molar-refractivity contribution in [2.45, 2.75) is 135 Å². The summed E-state index contributed by atoms with van der Waals surface area (Å²) in [6.45, 7) is 10.1. The zero-order chi connectivity index (χ0) is 45.2. The first-order valence-corrected chi connectivity index (χ1v) is 18.9. The number of nitrogens with two attached hydrogens (primary N) is 1. The van der Waals surface area contributed by atoms with Crippen LogP contribution in [0.4, 0.5) is 0 Å². The van der Waals surface area contributed by atoms with Crippen LogP contribution >= 0.6 is 12.6 Å². The van der Waals surface area contributed by atoms with Crippen LogP contribution in [0.25, 0.3) is 0 Å². The summed E-state index contributed by atoms with van der Waals surface area (Å²) < 4.78 is 0. The molecule has 0 aromatic carbocycles. The van der Waals surface area contributed by atoms with Gasteiger partial charge < -0.3 is 68.5 Å². The van der Waals surface area contributed by atoms with Crippen LogP contribution in [0.1, 0.15) is 74.1 Å². The lowest BCUT2D eigenvalue weighted by molar-refractivity contribution is -0.147. The SMILES string of the molecule is CC(C)C[C@H](NC(=O)[C@H](C)NC(=O)[C@@H](NC(=O)[C@@H](NC(=O)[C@@H](N)CCC(=O)O)[C@@H](C)O)[C@@H](C)O)C(=O)N[C@H](C(=O)N[C@@H](CS)C(=O)N[C@@H](CC(=O)O)C(=O)O)C(C)C. The van der Waals surface area contributed by atoms with Gasteiger partial charge in [-0.15, -0.1) is 0 Å². The Kier molecular flexibility index (Phi) is 23.1. The monoisotopic (exact) mass is 850 g/mol. The minimum Gasteiger partial charge on any atom is -0.481 e. The molecule has 0 aromatic heterocycles. The fourth-order valence-corrected chi connectivity index (χ4v) is 5.24. The number of carboxylic acids is 3. The fourth-order valence-electron chi connectivity index (χ4n) is 4.98. The number of carbonyl (C=O) groups excluding carboxylic acids is 7. The zero-order valence-electron chi connectivity index (χ0n) is 33.3. The lowest BCUT2D eigenvalue weighted by atomic mass is 9.99. The largest absolute Gasteiger partial charge is 0.481 e. The highest BCUT2D eigenvalue weighted by Crippen LogP contribution is 2.10. The van der Waals surface area contributed by atoms with Gasteiger partial charge in [0, 0.05) is 12.2 Å². The summed E-state index contributed by atoms with van der Waals surface area (Å²) in [6.07, 6.45) is -4.78. The van der Waals surface area contributed by atoms with E-state index in [2.05, 4.69) is 44.5 Å². The van der Waals surface area contributed by atoms with Crippen molar-refractivity contribution in [3.63, 3.8) is 0 Å². The molecule has 0 rings (SSSR count). The summed E-state index contributed by atoms with van der Waals surface area (Å²) in [7, 11) is 0. The lowest BCUT2D eigenvalue weighted by Gasteiger charge is -2.29. The average molecular weight is 851 g/mol. The van der Waals surface area contributed by atoms with Gasteiger partial charge in [0.05, 0.1) is 24.7 Å². The molecule has 24 heteroatoms. The Balaban J connectivity index is 5.88. The number of rotatable bonds is 26. The Bertz CT molecular complexity index is 1500. The van der Waals surface area contributed by atoms with Gasteiger partial charge in [0.25, 0.3) is 0 Å². The predicted octanol–water partition coefficient (Wildman–Crippen LogP) is -4.46. The number of aliphatic hydroxyl groups is 2. The van der Waals surface area contributed by atoms with Crippen LogP contribution in [0, 0.1) is 11.8 Å². The topological polar surface area (TPSA) is 382 Å². The number of carboxylic acid groups (broad SMARTS) is 3. The third-order valence-electron chi connectivity index (χ3n) is 8.28. The highest BCUT2D eigenvalue weighted by atomic mass is 32.1. The molecule has 0 aliphatic rings. The van der Waals surface area contributed by atoms with E-state index in [-0.39, 0.29) is 24.5 Å². The lowest BCUT2D eigenvalue weighted by Crippen LogP contribution is -2.62. The number of nitrogens with one attached hydrogen (secondary N) is 7. The highest BCUT2D eigenvalue weighted by Gasteiger charge is 2.36. The maximum atomic E-state index is 13.5. The molecule has 0 fully saturated rings. The number of aliphatic carboxylic acids is 3. The Morgan fingerprint density at radius 1 is 0.534 bits per heavy atom. The summed E-state index contributed by atoms with van der Waals surface area (Å²) in [4.78, 5) is 125. The first-order valence-electron chi connectivity index (χ1n) is 18.2. The molecule has 14 N–H and O–H groups in total. The fraction of sp³-hybridized carbons (Fsp3) is 0.706. The van der Waals surface area contributed by atoms with Crippen LogP contribution in [0.5, 0.6) is 0 Å². The first-order chi connectivity index (χ1) is 26.7. The molecule has 23 nitrogen and oxygen atoms in total. The standard InChI is InChI=1S/C34H58N8O15S/c1-13(2)10-19(29(51)40-24(14(3)4)31(53)39-21(12-58)30(52)38-20(34(56)57)11-23(47)48)37-27(49)15(5)36-32(54)25(16(6)43)42-33(55)26(17(7)44)41-28(50)18(35)8-9-22(45)46/h13-21,24-26,43-44,58H,8-12,35H2,1-7H3,(H,36,54)(H,37,49)(H,38,52)(H,39,53)(H,40,51)(H,41,50)(H,42,55)(H,45,46)(H,47,48)(H,56,57)/t15-,16+,17+,18-,19-,20-,21-,24-,25-,26-/m0/s1. The van der Waals surface area contributed by atoms with Crippen LogP contribution in [0.2, 0.25) is 0 Å². The van der Waals surface area contributed by atoms with Crippen molar-refractivity contribution in [2.24, 2.45) is 17.6 Å². The van der Waals surface area contributed by atoms with E-state index in [0.717, 1.165) is 13.8 Å². The van der Waals surface area contributed by atoms with Crippen LogP contribution in [0.3, 0.4) is 0 Å². The van der Waals surface area contributed by atoms with Crippen molar-refractivity contribution in [1.29, 1.82) is 0 Å². The van der Waals surface area contributed by atoms with E-state index in [0.29, 0.717) is 0 Å². The molecule has 10 atom stereocenters. The Labute approximate surface area is 340 Å². The predicted molar refractivity (Wildman–Crippen MR) is 205 cm³/mol. The Morgan fingerprint density at radius 2 is 0.966 bits per heavy atom. The van der Waals surface area contributed by atoms with Gasteiger partial charge in [-0.05, 0) is 45.4 Å². The van der Waals surface area contributed by atoms with Gasteiger partial charge in [-0.2, -0.15) is 12.6 Å². The number of thiol groups is 1. The second kappa shape index (κ2) is 25.3. The summed E-state index contributed by atoms with van der Waals surface area (Å²) in [5, 5.41) is 63.5. The average Bonchev–Trinajstić information content (AvgIpc) is 3.10. The molecular weight excluding hydrogens is 792 g/mol. The van der Waals surface area contributed by atoms with Crippen molar-refractivity contribution < 1.29 is 73.5 Å². The van der Waals surface area contributed by atoms with Crippen molar-refractivity contribution >= 4 is 71.9 Å². The maximum absolute atomic E-state index is 13.5. The molecule has 0 unspecified atom stereocenters. The van der Waals surface area contributed by atoms with Crippen LogP contribution < -0.4 is 43.0 Å². The number of carbonyl (C=O) groups is 10. The van der Waals surface area contributed by atoms with Gasteiger partial charge in [-0.25, -0.2) is 4.79 Å². The van der Waals surface area contributed by atoms with E-state index < -0.39 is 139 Å². The van der Waals surface area contributed by atoms with E-state index in [1.54, 1.807) is 27.7 Å². The number of aliphatic hydroxyl groups excluding tert-OH is 2. The van der Waals surface area contributed by atoms with E-state index >= 15 is 0 Å². The smallest absolute Gasteiger partial charge is 0.326 e. The van der Waals surface area contributed by atoms with E-state index in [4.69, 9.17) is 15.9 Å². The quantitative estimate of drug-likeness (QED) is 0.0365. The molecule has 58 heavy (non-hydrogen) atoms. The molecular formula is C34H58N8O15S. The highest BCUT2D eigenvalue weighted by molar-refractivity contribution is 7.80. The summed E-state index contributed by atoms with van der Waals surface area (Å²) >= 11 is 4.02. The molecule has 0 saturated heterocycles. The zero-order valence-corrected chi connectivity index (χ0v) is 34.2. The molecule has 0 saturated carbocycles. The van der Waals surface area contributed by atoms with Crippen molar-refractivity contribution in [3.05, 3.63) is 0 Å². The van der Waals surface area contributed by atoms with Crippen molar-refractivity contribution in [3.8, 4) is 0 Å². The van der Waals surface area contributed by atoms with Gasteiger partial charge >= 0.3 is 17.9 Å². The number of hydrogen-bond donors (Lipinski definition) is 14. The summed E-state index contributed by atoms with van der Waals surface area (Å²) in [5.74, 6) is -12.4. The number of amides is 7. The van der Waals surface area contributed by atoms with Crippen LogP contribution in [-0.4, -0.2) is 151 Å². The van der Waals surface area contributed by atoms with Gasteiger partial charge in [0.1, 0.15) is 42.3 Å². The molecule has 330 valence electrons. The second-order valence-corrected chi connectivity index (χ2v) is 14.8. The molecule has 0 spiro atoms. The molecule has 0 aliphatic carbocycles. The third kappa shape index (κ3) is 18.9.